The third kappa shape index (κ3) is 13.4. The predicted molar refractivity (Wildman–Crippen MR) is 175 cm³/mol. The van der Waals surface area contributed by atoms with Gasteiger partial charge in [0.1, 0.15) is 18.2 Å². The molecule has 266 valence electrons. The Labute approximate surface area is 278 Å². The summed E-state index contributed by atoms with van der Waals surface area (Å²) >= 11 is 0. The second-order valence-corrected chi connectivity index (χ2v) is 18.7. The number of alkyl halides is 3. The summed E-state index contributed by atoms with van der Waals surface area (Å²) in [6.45, 7) is 13.4. The van der Waals surface area contributed by atoms with Crippen LogP contribution in [0.25, 0.3) is 11.3 Å². The molecule has 2 aromatic rings. The number of alkyl carbamates (subject to hydrolysis) is 1. The molecule has 17 heteroatoms. The first-order chi connectivity index (χ1) is 22.1. The van der Waals surface area contributed by atoms with Crippen molar-refractivity contribution in [3.63, 3.8) is 0 Å². The van der Waals surface area contributed by atoms with E-state index in [9.17, 15) is 37.5 Å². The average Bonchev–Trinajstić information content (AvgIpc) is 3.36. The van der Waals surface area contributed by atoms with Crippen LogP contribution in [-0.2, 0) is 30.5 Å². The van der Waals surface area contributed by atoms with E-state index < -0.39 is 55.9 Å². The Bertz CT molecular complexity index is 1480. The summed E-state index contributed by atoms with van der Waals surface area (Å²) in [6, 6.07) is 3.77. The lowest BCUT2D eigenvalue weighted by Gasteiger charge is -2.23. The van der Waals surface area contributed by atoms with Gasteiger partial charge in [0.15, 0.2) is 0 Å². The van der Waals surface area contributed by atoms with Crippen LogP contribution >= 0.6 is 0 Å². The number of aliphatic carboxylic acids is 1. The molecule has 0 aliphatic rings. The summed E-state index contributed by atoms with van der Waals surface area (Å²) < 4.78 is 57.4. The molecule has 0 saturated carbocycles. The van der Waals surface area contributed by atoms with E-state index in [4.69, 9.17) is 9.47 Å². The number of methoxy groups -OCH3 is 1. The van der Waals surface area contributed by atoms with Crippen molar-refractivity contribution in [2.45, 2.75) is 84.4 Å². The first kappa shape index (κ1) is 39.8. The fourth-order valence-electron chi connectivity index (χ4n) is 3.97. The van der Waals surface area contributed by atoms with E-state index in [0.717, 1.165) is 19.2 Å². The van der Waals surface area contributed by atoms with E-state index in [1.54, 1.807) is 31.4 Å². The number of carboxylic acid groups (broad SMARTS) is 1. The molecule has 4 N–H and O–H groups in total. The van der Waals surface area contributed by atoms with Crippen LogP contribution in [0.2, 0.25) is 25.7 Å². The summed E-state index contributed by atoms with van der Waals surface area (Å²) in [5, 5.41) is 16.2. The maximum absolute atomic E-state index is 13.3. The topological polar surface area (TPSA) is 170 Å². The van der Waals surface area contributed by atoms with E-state index in [1.807, 2.05) is 5.32 Å². The smallest absolute Gasteiger partial charge is 0.471 e. The van der Waals surface area contributed by atoms with Gasteiger partial charge in [-0.25, -0.2) is 14.6 Å². The zero-order chi connectivity index (χ0) is 36.4. The van der Waals surface area contributed by atoms with Gasteiger partial charge in [0.05, 0.1) is 30.5 Å². The highest BCUT2D eigenvalue weighted by atomic mass is 28.3. The van der Waals surface area contributed by atoms with Crippen molar-refractivity contribution in [1.29, 1.82) is 0 Å². The maximum atomic E-state index is 13.3. The molecular formula is C31H44F3N5O8Si. The Kier molecular flexibility index (Phi) is 13.8. The lowest BCUT2D eigenvalue weighted by molar-refractivity contribution is -0.167. The minimum atomic E-state index is -5.22. The Hall–Kier alpha value is -4.38. The number of hydrogen-bond acceptors (Lipinski definition) is 8. The highest BCUT2D eigenvalue weighted by Gasteiger charge is 2.39. The quantitative estimate of drug-likeness (QED) is 0.0944. The molecule has 0 aliphatic heterocycles. The number of carbonyl (C=O) groups excluding carboxylic acids is 3. The van der Waals surface area contributed by atoms with E-state index >= 15 is 0 Å². The van der Waals surface area contributed by atoms with Gasteiger partial charge in [0.2, 0.25) is 0 Å². The number of benzene rings is 1. The van der Waals surface area contributed by atoms with E-state index in [2.05, 4.69) is 40.0 Å². The number of amides is 3. The van der Waals surface area contributed by atoms with Gasteiger partial charge >= 0.3 is 30.2 Å². The van der Waals surface area contributed by atoms with Gasteiger partial charge in [0, 0.05) is 32.1 Å². The summed E-state index contributed by atoms with van der Waals surface area (Å²) in [6.07, 6.45) is -2.35. The summed E-state index contributed by atoms with van der Waals surface area (Å²) in [5.74, 6) is -3.93. The van der Waals surface area contributed by atoms with Crippen LogP contribution in [0.1, 0.15) is 46.0 Å². The van der Waals surface area contributed by atoms with Crippen LogP contribution in [-0.4, -0.2) is 72.3 Å². The van der Waals surface area contributed by atoms with E-state index in [1.165, 1.54) is 31.3 Å². The molecule has 0 bridgehead atoms. The third-order valence-corrected chi connectivity index (χ3v) is 8.16. The minimum Gasteiger partial charge on any atom is -0.481 e. The summed E-state index contributed by atoms with van der Waals surface area (Å²) in [7, 11) is -0.365. The molecule has 0 spiro atoms. The number of carbonyl (C=O) groups is 4. The molecule has 1 aromatic heterocycles. The van der Waals surface area contributed by atoms with Gasteiger partial charge in [-0.15, -0.1) is 0 Å². The van der Waals surface area contributed by atoms with E-state index in [0.29, 0.717) is 6.61 Å². The number of aromatic nitrogens is 2. The normalized spacial score (nSPS) is 13.5. The Balaban J connectivity index is 2.70. The Morgan fingerprint density at radius 1 is 1.08 bits per heavy atom. The van der Waals surface area contributed by atoms with E-state index in [-0.39, 0.29) is 41.6 Å². The number of nitrogens with zero attached hydrogens (tertiary/aromatic N) is 2. The van der Waals surface area contributed by atoms with Crippen molar-refractivity contribution in [2.75, 3.05) is 24.4 Å². The molecule has 1 aromatic carbocycles. The first-order valence-electron chi connectivity index (χ1n) is 15.0. The first-order valence-corrected chi connectivity index (χ1v) is 18.7. The average molecular weight is 700 g/mol. The van der Waals surface area contributed by atoms with Crippen LogP contribution in [0.15, 0.2) is 36.5 Å². The molecule has 0 radical (unpaired) electrons. The SMILES string of the molecule is COC(=O)Nc1ccc(-c2cn(COCC[Si](C)(C)C)c(C(C/C=C/C(C)C(=O)O)NC(=O)OC(C)(C)C)n2)c(NC(=O)C(F)(F)F)c1. The summed E-state index contributed by atoms with van der Waals surface area (Å²) in [4.78, 5) is 52.7. The van der Waals surface area contributed by atoms with Gasteiger partial charge in [-0.2, -0.15) is 13.2 Å². The highest BCUT2D eigenvalue weighted by molar-refractivity contribution is 6.76. The van der Waals surface area contributed by atoms with Crippen molar-refractivity contribution in [1.82, 2.24) is 14.9 Å². The predicted octanol–water partition coefficient (Wildman–Crippen LogP) is 6.77. The van der Waals surface area contributed by atoms with Crippen LogP contribution in [0.3, 0.4) is 0 Å². The molecule has 2 unspecified atom stereocenters. The molecule has 2 rings (SSSR count). The minimum absolute atomic E-state index is 0.0274. The van der Waals surface area contributed by atoms with Crippen molar-refractivity contribution in [3.8, 4) is 11.3 Å². The van der Waals surface area contributed by atoms with Crippen LogP contribution in [0.5, 0.6) is 0 Å². The zero-order valence-electron chi connectivity index (χ0n) is 28.3. The number of rotatable bonds is 14. The molecule has 0 aliphatic carbocycles. The molecule has 3 amide bonds. The fourth-order valence-corrected chi connectivity index (χ4v) is 4.73. The fraction of sp³-hybridized carbons (Fsp3) is 0.516. The standard InChI is InChI=1S/C31H44F3N5O8Si/c1-19(26(40)41)10-9-11-22(38-29(44)47-30(2,3)4)25-36-24(17-39(25)18-46-14-15-48(6,7)8)21-13-12-20(35-28(43)45-5)16-23(21)37-27(42)31(32,33)34/h9-10,12-13,16-17,19,22H,11,14-15,18H2,1-8H3,(H,35,43)(H,37,42)(H,38,44)(H,40,41)/b10-9+. The van der Waals surface area contributed by atoms with Gasteiger partial charge in [-0.1, -0.05) is 31.8 Å². The van der Waals surface area contributed by atoms with Crippen LogP contribution < -0.4 is 16.0 Å². The molecule has 2 atom stereocenters. The third-order valence-electron chi connectivity index (χ3n) is 6.46. The zero-order valence-corrected chi connectivity index (χ0v) is 29.3. The maximum Gasteiger partial charge on any atom is 0.471 e. The molecular weight excluding hydrogens is 655 g/mol. The number of hydrogen-bond donors (Lipinski definition) is 4. The van der Waals surface area contributed by atoms with Gasteiger partial charge in [-0.3, -0.25) is 14.9 Å². The monoisotopic (exact) mass is 699 g/mol. The molecule has 0 fully saturated rings. The number of ether oxygens (including phenoxy) is 3. The number of halogens is 3. The number of imidazole rings is 1. The largest absolute Gasteiger partial charge is 0.481 e. The second-order valence-electron chi connectivity index (χ2n) is 13.1. The molecule has 48 heavy (non-hydrogen) atoms. The van der Waals surface area contributed by atoms with Crippen LogP contribution in [0, 0.1) is 5.92 Å². The van der Waals surface area contributed by atoms with Gasteiger partial charge in [-0.05, 0) is 58.4 Å². The highest BCUT2D eigenvalue weighted by Crippen LogP contribution is 2.33. The van der Waals surface area contributed by atoms with Crippen LogP contribution in [0.4, 0.5) is 34.1 Å². The lowest BCUT2D eigenvalue weighted by atomic mass is 10.1. The number of carboxylic acids is 1. The summed E-state index contributed by atoms with van der Waals surface area (Å²) in [5.41, 5.74) is -1.00. The van der Waals surface area contributed by atoms with Crippen molar-refractivity contribution < 1.29 is 51.7 Å². The molecule has 1 heterocycles. The molecule has 0 saturated heterocycles. The molecule has 13 nitrogen and oxygen atoms in total. The van der Waals surface area contributed by atoms with Crippen molar-refractivity contribution >= 4 is 43.5 Å². The Morgan fingerprint density at radius 3 is 2.31 bits per heavy atom. The van der Waals surface area contributed by atoms with Gasteiger partial charge in [0.25, 0.3) is 0 Å². The lowest BCUT2D eigenvalue weighted by Crippen LogP contribution is -2.36. The Morgan fingerprint density at radius 2 is 1.75 bits per heavy atom. The second kappa shape index (κ2) is 16.6. The number of nitrogens with one attached hydrogen (secondary N) is 3. The number of anilines is 2. The van der Waals surface area contributed by atoms with Crippen molar-refractivity contribution in [2.24, 2.45) is 5.92 Å². The van der Waals surface area contributed by atoms with Gasteiger partial charge < -0.3 is 34.5 Å². The van der Waals surface area contributed by atoms with Crippen molar-refractivity contribution in [3.05, 3.63) is 42.4 Å².